The van der Waals surface area contributed by atoms with Crippen molar-refractivity contribution in [3.63, 3.8) is 0 Å². The first-order valence-corrected chi connectivity index (χ1v) is 6.40. The van der Waals surface area contributed by atoms with Crippen LogP contribution in [0.2, 0.25) is 0 Å². The molecule has 1 unspecified atom stereocenters. The van der Waals surface area contributed by atoms with Gasteiger partial charge in [0, 0.05) is 11.8 Å². The quantitative estimate of drug-likeness (QED) is 0.709. The fraction of sp³-hybridized carbons (Fsp3) is 1.00. The Hall–Kier alpha value is -0.0900. The second-order valence-electron chi connectivity index (χ2n) is 3.35. The molecule has 1 aliphatic rings. The summed E-state index contributed by atoms with van der Waals surface area (Å²) in [5.74, 6) is 0.592. The highest BCUT2D eigenvalue weighted by Gasteiger charge is 2.18. The first-order chi connectivity index (χ1) is 5.64. The molecule has 1 rings (SSSR count). The van der Waals surface area contributed by atoms with Crippen LogP contribution >= 0.6 is 0 Å². The third kappa shape index (κ3) is 3.11. The molecular weight excluding hydrogens is 174 g/mol. The van der Waals surface area contributed by atoms with Gasteiger partial charge < -0.3 is 5.32 Å². The monoisotopic (exact) mass is 191 g/mol. The average molecular weight is 191 g/mol. The molecule has 0 saturated carbocycles. The molecule has 72 valence electrons. The molecule has 1 N–H and O–H groups in total. The van der Waals surface area contributed by atoms with Gasteiger partial charge >= 0.3 is 0 Å². The molecule has 0 aromatic carbocycles. The van der Waals surface area contributed by atoms with Gasteiger partial charge in [-0.15, -0.1) is 0 Å². The van der Waals surface area contributed by atoms with E-state index in [-0.39, 0.29) is 11.8 Å². The predicted octanol–water partition coefficient (Wildman–Crippen LogP) is 0.563. The Morgan fingerprint density at radius 3 is 2.67 bits per heavy atom. The standard InChI is InChI=1S/C8H17NO2S/c1-2-12(10,11)7-8-5-3-4-6-9-8/h8-9H,2-7H2,1H3. The van der Waals surface area contributed by atoms with E-state index < -0.39 is 9.84 Å². The molecule has 4 heteroatoms. The zero-order valence-corrected chi connectivity index (χ0v) is 8.36. The number of rotatable bonds is 3. The maximum absolute atomic E-state index is 11.2. The highest BCUT2D eigenvalue weighted by atomic mass is 32.2. The van der Waals surface area contributed by atoms with E-state index in [1.165, 1.54) is 6.42 Å². The van der Waals surface area contributed by atoms with Gasteiger partial charge in [0.15, 0.2) is 9.84 Å². The van der Waals surface area contributed by atoms with Crippen molar-refractivity contribution >= 4 is 9.84 Å². The molecule has 0 aliphatic carbocycles. The van der Waals surface area contributed by atoms with Gasteiger partial charge in [0.25, 0.3) is 0 Å². The van der Waals surface area contributed by atoms with Crippen molar-refractivity contribution in [3.8, 4) is 0 Å². The summed E-state index contributed by atoms with van der Waals surface area (Å²) in [5, 5.41) is 3.23. The Balaban J connectivity index is 2.39. The zero-order chi connectivity index (χ0) is 9.03. The van der Waals surface area contributed by atoms with Crippen LogP contribution < -0.4 is 5.32 Å². The normalized spacial score (nSPS) is 25.6. The van der Waals surface area contributed by atoms with Gasteiger partial charge in [-0.25, -0.2) is 8.42 Å². The maximum atomic E-state index is 11.2. The highest BCUT2D eigenvalue weighted by Crippen LogP contribution is 2.09. The summed E-state index contributed by atoms with van der Waals surface area (Å²) >= 11 is 0. The van der Waals surface area contributed by atoms with Crippen molar-refractivity contribution < 1.29 is 8.42 Å². The summed E-state index contributed by atoms with van der Waals surface area (Å²) in [6.45, 7) is 2.68. The summed E-state index contributed by atoms with van der Waals surface area (Å²) in [6, 6.07) is 0.212. The Bertz CT molecular complexity index is 217. The fourth-order valence-electron chi connectivity index (χ4n) is 1.49. The van der Waals surface area contributed by atoms with E-state index >= 15 is 0 Å². The van der Waals surface area contributed by atoms with Gasteiger partial charge in [0.1, 0.15) is 0 Å². The molecule has 0 aromatic heterocycles. The van der Waals surface area contributed by atoms with Crippen LogP contribution in [-0.2, 0) is 9.84 Å². The molecule has 1 saturated heterocycles. The van der Waals surface area contributed by atoms with Crippen LogP contribution in [0.5, 0.6) is 0 Å². The number of hydrogen-bond donors (Lipinski definition) is 1. The van der Waals surface area contributed by atoms with Crippen molar-refractivity contribution in [2.75, 3.05) is 18.1 Å². The lowest BCUT2D eigenvalue weighted by atomic mass is 10.1. The molecule has 1 fully saturated rings. The van der Waals surface area contributed by atoms with Crippen LogP contribution in [0.1, 0.15) is 26.2 Å². The molecule has 1 atom stereocenters. The van der Waals surface area contributed by atoms with Crippen LogP contribution in [0.3, 0.4) is 0 Å². The second-order valence-corrected chi connectivity index (χ2v) is 5.74. The van der Waals surface area contributed by atoms with E-state index in [1.54, 1.807) is 6.92 Å². The van der Waals surface area contributed by atoms with E-state index in [2.05, 4.69) is 5.32 Å². The molecule has 12 heavy (non-hydrogen) atoms. The van der Waals surface area contributed by atoms with Crippen LogP contribution in [0.25, 0.3) is 0 Å². The molecule has 0 bridgehead atoms. The second kappa shape index (κ2) is 4.23. The van der Waals surface area contributed by atoms with Crippen LogP contribution in [0.4, 0.5) is 0 Å². The van der Waals surface area contributed by atoms with E-state index in [9.17, 15) is 8.42 Å². The third-order valence-corrected chi connectivity index (χ3v) is 4.10. The Labute approximate surface area is 74.5 Å². The van der Waals surface area contributed by atoms with Crippen molar-refractivity contribution in [2.24, 2.45) is 0 Å². The highest BCUT2D eigenvalue weighted by molar-refractivity contribution is 7.91. The van der Waals surface area contributed by atoms with Crippen molar-refractivity contribution in [2.45, 2.75) is 32.2 Å². The van der Waals surface area contributed by atoms with Gasteiger partial charge in [-0.1, -0.05) is 13.3 Å². The molecule has 3 nitrogen and oxygen atoms in total. The van der Waals surface area contributed by atoms with Gasteiger partial charge in [0.05, 0.1) is 5.75 Å². The Morgan fingerprint density at radius 2 is 2.17 bits per heavy atom. The lowest BCUT2D eigenvalue weighted by Crippen LogP contribution is -2.39. The van der Waals surface area contributed by atoms with Crippen molar-refractivity contribution in [1.29, 1.82) is 0 Å². The summed E-state index contributed by atoms with van der Waals surface area (Å²) in [5.41, 5.74) is 0. The fourth-order valence-corrected chi connectivity index (χ4v) is 2.62. The molecule has 0 radical (unpaired) electrons. The van der Waals surface area contributed by atoms with E-state index in [0.717, 1.165) is 19.4 Å². The maximum Gasteiger partial charge on any atom is 0.151 e. The molecule has 0 aromatic rings. The smallest absolute Gasteiger partial charge is 0.151 e. The minimum Gasteiger partial charge on any atom is -0.313 e. The SMILES string of the molecule is CCS(=O)(=O)CC1CCCCN1. The summed E-state index contributed by atoms with van der Waals surface area (Å²) in [4.78, 5) is 0. The van der Waals surface area contributed by atoms with Gasteiger partial charge in [0.2, 0.25) is 0 Å². The summed E-state index contributed by atoms with van der Waals surface area (Å²) < 4.78 is 22.5. The first-order valence-electron chi connectivity index (χ1n) is 4.58. The predicted molar refractivity (Wildman–Crippen MR) is 50.0 cm³/mol. The largest absolute Gasteiger partial charge is 0.313 e. The number of nitrogens with one attached hydrogen (secondary N) is 1. The van der Waals surface area contributed by atoms with Crippen LogP contribution in [0.15, 0.2) is 0 Å². The molecule has 0 amide bonds. The van der Waals surface area contributed by atoms with Crippen LogP contribution in [0, 0.1) is 0 Å². The summed E-state index contributed by atoms with van der Waals surface area (Å²) in [7, 11) is -2.78. The van der Waals surface area contributed by atoms with Gasteiger partial charge in [-0.2, -0.15) is 0 Å². The van der Waals surface area contributed by atoms with Crippen molar-refractivity contribution in [3.05, 3.63) is 0 Å². The van der Waals surface area contributed by atoms with E-state index in [1.807, 2.05) is 0 Å². The molecule has 1 aliphatic heterocycles. The van der Waals surface area contributed by atoms with E-state index in [4.69, 9.17) is 0 Å². The topological polar surface area (TPSA) is 46.2 Å². The number of piperidine rings is 1. The van der Waals surface area contributed by atoms with Crippen molar-refractivity contribution in [1.82, 2.24) is 5.32 Å². The molecule has 1 heterocycles. The minimum absolute atomic E-state index is 0.212. The Morgan fingerprint density at radius 1 is 1.42 bits per heavy atom. The van der Waals surface area contributed by atoms with E-state index in [0.29, 0.717) is 5.75 Å². The average Bonchev–Trinajstić information content (AvgIpc) is 2.06. The first kappa shape index (κ1) is 9.99. The minimum atomic E-state index is -2.78. The van der Waals surface area contributed by atoms with Gasteiger partial charge in [-0.05, 0) is 19.4 Å². The molecular formula is C8H17NO2S. The third-order valence-electron chi connectivity index (χ3n) is 2.31. The molecule has 0 spiro atoms. The van der Waals surface area contributed by atoms with Gasteiger partial charge in [-0.3, -0.25) is 0 Å². The summed E-state index contributed by atoms with van der Waals surface area (Å²) in [6.07, 6.45) is 3.36. The zero-order valence-electron chi connectivity index (χ0n) is 7.54. The Kier molecular flexibility index (Phi) is 3.53. The van der Waals surface area contributed by atoms with Crippen LogP contribution in [-0.4, -0.2) is 32.5 Å². The lowest BCUT2D eigenvalue weighted by Gasteiger charge is -2.22. The number of hydrogen-bond acceptors (Lipinski definition) is 3. The number of sulfone groups is 1. The lowest BCUT2D eigenvalue weighted by molar-refractivity contribution is 0.423.